The van der Waals surface area contributed by atoms with Gasteiger partial charge >= 0.3 is 45.2 Å². The van der Waals surface area contributed by atoms with Crippen LogP contribution in [-0.4, -0.2) is 93.0 Å². The predicted molar refractivity (Wildman–Crippen MR) is 246 cm³/mol. The number of hydrogen-bond donors (Lipinski definition) is 1. The maximum atomic E-state index is 14.9. The van der Waals surface area contributed by atoms with E-state index in [0.717, 1.165) is 38.4 Å². The molecule has 0 saturated carbocycles. The van der Waals surface area contributed by atoms with Crippen LogP contribution in [0.5, 0.6) is 0 Å². The predicted octanol–water partition coefficient (Wildman–Crippen LogP) is 7.27. The zero-order valence-electron chi connectivity index (χ0n) is 34.1. The Morgan fingerprint density at radius 3 is 1.98 bits per heavy atom. The van der Waals surface area contributed by atoms with E-state index in [1.54, 1.807) is 44.2 Å². The summed E-state index contributed by atoms with van der Waals surface area (Å²) in [6.07, 6.45) is -1.64. The highest BCUT2D eigenvalue weighted by Gasteiger charge is 2.73. The van der Waals surface area contributed by atoms with E-state index in [1.807, 2.05) is 51.2 Å². The molecule has 61 heavy (non-hydrogen) atoms. The summed E-state index contributed by atoms with van der Waals surface area (Å²) in [5.41, 5.74) is -10.6. The van der Waals surface area contributed by atoms with E-state index in [2.05, 4.69) is 45.2 Å². The van der Waals surface area contributed by atoms with Gasteiger partial charge in [-0.05, 0) is 169 Å². The minimum Gasteiger partial charge on any atom is -0.463 e. The van der Waals surface area contributed by atoms with Crippen LogP contribution in [0.4, 0.5) is 8.78 Å². The Labute approximate surface area is 406 Å². The summed E-state index contributed by atoms with van der Waals surface area (Å²) in [7, 11) is -6.10. The molecular formula is C39H44F2I4O15S. The highest BCUT2D eigenvalue weighted by Crippen LogP contribution is 2.62. The van der Waals surface area contributed by atoms with Crippen LogP contribution in [-0.2, 0) is 68.1 Å². The van der Waals surface area contributed by atoms with Gasteiger partial charge in [0.15, 0.2) is 12.4 Å². The molecule has 0 bridgehead atoms. The van der Waals surface area contributed by atoms with Gasteiger partial charge in [0, 0.05) is 20.7 Å². The van der Waals surface area contributed by atoms with Crippen molar-refractivity contribution in [3.05, 3.63) is 61.8 Å². The number of hydrogen-bond acceptors (Lipinski definition) is 14. The number of cyclic esters (lactones) is 1. The second-order valence-electron chi connectivity index (χ2n) is 15.8. The van der Waals surface area contributed by atoms with E-state index in [9.17, 15) is 46.0 Å². The van der Waals surface area contributed by atoms with Gasteiger partial charge in [0.05, 0.1) is 40.4 Å². The summed E-state index contributed by atoms with van der Waals surface area (Å²) < 4.78 is 96.2. The Bertz CT molecular complexity index is 2180. The highest BCUT2D eigenvalue weighted by molar-refractivity contribution is 14.1. The van der Waals surface area contributed by atoms with Crippen molar-refractivity contribution in [1.82, 2.24) is 0 Å². The van der Waals surface area contributed by atoms with Crippen LogP contribution in [0.15, 0.2) is 36.4 Å². The van der Waals surface area contributed by atoms with Gasteiger partial charge in [-0.25, -0.2) is 9.59 Å². The van der Waals surface area contributed by atoms with Gasteiger partial charge in [-0.2, -0.15) is 17.2 Å². The maximum Gasteiger partial charge on any atom is 0.402 e. The van der Waals surface area contributed by atoms with Crippen LogP contribution in [0.2, 0.25) is 0 Å². The van der Waals surface area contributed by atoms with Crippen LogP contribution in [0.3, 0.4) is 0 Å². The number of carbonyl (C=O) groups excluding carboxylic acids is 6. The van der Waals surface area contributed by atoms with Gasteiger partial charge in [0.1, 0.15) is 18.8 Å². The third-order valence-electron chi connectivity index (χ3n) is 11.1. The van der Waals surface area contributed by atoms with Gasteiger partial charge in [0.2, 0.25) is 6.10 Å². The zero-order chi connectivity index (χ0) is 46.7. The first-order valence-electron chi connectivity index (χ1n) is 18.1. The van der Waals surface area contributed by atoms with E-state index in [4.69, 9.17) is 33.0 Å². The van der Waals surface area contributed by atoms with E-state index < -0.39 is 104 Å². The summed E-state index contributed by atoms with van der Waals surface area (Å²) in [6.45, 7) is 5.69. The van der Waals surface area contributed by atoms with Gasteiger partial charge < -0.3 is 28.4 Å². The molecule has 1 aliphatic rings. The largest absolute Gasteiger partial charge is 0.463 e. The van der Waals surface area contributed by atoms with Crippen LogP contribution in [0.1, 0.15) is 77.7 Å². The Balaban J connectivity index is 2.16. The molecule has 1 heterocycles. The molecule has 0 spiro atoms. The lowest BCUT2D eigenvalue weighted by Gasteiger charge is -2.56. The molecular weight excluding hydrogens is 1290 g/mol. The van der Waals surface area contributed by atoms with Crippen molar-refractivity contribution >= 4 is 136 Å². The summed E-state index contributed by atoms with van der Waals surface area (Å²) >= 11 is 8.17. The molecule has 338 valence electrons. The molecule has 3 unspecified atom stereocenters. The normalized spacial score (nSPS) is 17.0. The smallest absolute Gasteiger partial charge is 0.402 e. The van der Waals surface area contributed by atoms with Crippen LogP contribution in [0.25, 0.3) is 0 Å². The van der Waals surface area contributed by atoms with E-state index in [-0.39, 0.29) is 25.2 Å². The van der Waals surface area contributed by atoms with Gasteiger partial charge in [-0.1, -0.05) is 19.1 Å². The summed E-state index contributed by atoms with van der Waals surface area (Å²) in [6, 6.07) is 10.4. The molecule has 3 rings (SSSR count). The molecule has 1 N–H and O–H groups in total. The number of alkyl halides is 2. The number of esters is 5. The minimum absolute atomic E-state index is 0.117. The summed E-state index contributed by atoms with van der Waals surface area (Å²) in [4.78, 5) is 84.0. The molecule has 1 fully saturated rings. The lowest BCUT2D eigenvalue weighted by atomic mass is 9.44. The summed E-state index contributed by atoms with van der Waals surface area (Å²) in [5.74, 6) is -6.93. The van der Waals surface area contributed by atoms with Crippen molar-refractivity contribution in [2.24, 2.45) is 21.7 Å². The topological polar surface area (TPSA) is 212 Å². The zero-order valence-corrected chi connectivity index (χ0v) is 43.6. The van der Waals surface area contributed by atoms with E-state index >= 15 is 0 Å². The Morgan fingerprint density at radius 1 is 0.820 bits per heavy atom. The molecule has 2 aromatic rings. The fourth-order valence-corrected chi connectivity index (χ4v) is 9.67. The van der Waals surface area contributed by atoms with E-state index in [1.165, 1.54) is 13.8 Å². The van der Waals surface area contributed by atoms with Crippen molar-refractivity contribution in [3.8, 4) is 0 Å². The molecule has 2 aromatic carbocycles. The number of ketones is 1. The SMILES string of the molecule is CC(C)(OC(=O)C(C)(C)C(C)(C(=O)OC1CCOC1=O)C(C)(C(=O)COCCOC(=O)c1cc(I)cc(I)c1I)C(C)(C)C(=O)OCC(F)(F)S(=O)(=O)O)c1cccc(I)c1. The number of rotatable bonds is 19. The van der Waals surface area contributed by atoms with Crippen molar-refractivity contribution in [3.63, 3.8) is 0 Å². The molecule has 1 aliphatic heterocycles. The molecule has 0 amide bonds. The fourth-order valence-electron chi connectivity index (χ4n) is 6.55. The number of halogens is 6. The first kappa shape index (κ1) is 53.4. The average molecular weight is 1330 g/mol. The second kappa shape index (κ2) is 20.1. The summed E-state index contributed by atoms with van der Waals surface area (Å²) in [5, 5.41) is -5.00. The highest BCUT2D eigenvalue weighted by atomic mass is 127. The Morgan fingerprint density at radius 2 is 1.43 bits per heavy atom. The van der Waals surface area contributed by atoms with E-state index in [0.29, 0.717) is 9.13 Å². The maximum absolute atomic E-state index is 14.9. The number of Topliss-reactive ketones (excluding diaryl/α,β-unsaturated/α-hetero) is 1. The van der Waals surface area contributed by atoms with Crippen molar-refractivity contribution in [2.75, 3.05) is 33.0 Å². The van der Waals surface area contributed by atoms with Gasteiger partial charge in [-0.3, -0.25) is 23.7 Å². The fraction of sp³-hybridized carbons (Fsp3) is 0.538. The molecule has 0 aromatic heterocycles. The number of carbonyl (C=O) groups is 6. The third kappa shape index (κ3) is 11.3. The van der Waals surface area contributed by atoms with Gasteiger partial charge in [0.25, 0.3) is 0 Å². The van der Waals surface area contributed by atoms with Crippen LogP contribution >= 0.6 is 90.4 Å². The minimum atomic E-state index is -6.10. The van der Waals surface area contributed by atoms with Crippen LogP contribution in [0, 0.1) is 35.9 Å². The lowest BCUT2D eigenvalue weighted by Crippen LogP contribution is -2.67. The van der Waals surface area contributed by atoms with Crippen molar-refractivity contribution < 1.29 is 78.9 Å². The standard InChI is InChI=1S/C39H44F2I4O15S/c1-34(2,31(49)58-20-39(40,41)61(52,53)54)37(7,27(46)19-55-14-15-57-29(47)24-17-23(43)18-25(44)28(24)45)38(8,33(51)59-26-12-13-56-30(26)48)35(3,4)32(50)60-36(5,6)21-10-9-11-22(42)16-21/h9-11,16-18,26H,12-15,19-20H2,1-8H3,(H,52,53,54). The first-order valence-corrected chi connectivity index (χ1v) is 23.9. The monoisotopic (exact) mass is 1330 g/mol. The number of benzene rings is 2. The molecule has 1 saturated heterocycles. The Hall–Kier alpha value is -1.89. The number of ether oxygens (including phenoxy) is 6. The average Bonchev–Trinajstić information content (AvgIpc) is 3.56. The molecule has 0 aliphatic carbocycles. The molecule has 3 atom stereocenters. The second-order valence-corrected chi connectivity index (χ2v) is 22.1. The molecule has 22 heteroatoms. The quantitative estimate of drug-likeness (QED) is 0.0366. The Kier molecular flexibility index (Phi) is 17.6. The van der Waals surface area contributed by atoms with Crippen LogP contribution < -0.4 is 0 Å². The molecule has 15 nitrogen and oxygen atoms in total. The van der Waals surface area contributed by atoms with Crippen molar-refractivity contribution in [1.29, 1.82) is 0 Å². The first-order chi connectivity index (χ1) is 27.8. The third-order valence-corrected chi connectivity index (χ3v) is 16.4. The van der Waals surface area contributed by atoms with Crippen molar-refractivity contribution in [2.45, 2.75) is 78.8 Å². The molecule has 0 radical (unpaired) electrons. The van der Waals surface area contributed by atoms with Gasteiger partial charge in [-0.15, -0.1) is 0 Å². The lowest BCUT2D eigenvalue weighted by molar-refractivity contribution is -0.216.